The molecule has 1 N–H and O–H groups in total. The largest absolute Gasteiger partial charge is 0.462 e. The maximum Gasteiger partial charge on any atom is 0.338 e. The molecular weight excluding hydrogens is 430 g/mol. The number of nitrogens with one attached hydrogen (secondary N) is 1. The predicted octanol–water partition coefficient (Wildman–Crippen LogP) is 4.97. The Morgan fingerprint density at radius 3 is 1.94 bits per heavy atom. The fourth-order valence-corrected chi connectivity index (χ4v) is 4.47. The Morgan fingerprint density at radius 1 is 0.879 bits per heavy atom. The molecule has 170 valence electrons. The molecule has 3 aromatic carbocycles. The maximum absolute atomic E-state index is 11.8. The second kappa shape index (κ2) is 11.1. The molecule has 0 radical (unpaired) electrons. The van der Waals surface area contributed by atoms with Crippen LogP contribution in [0.2, 0.25) is 0 Å². The van der Waals surface area contributed by atoms with Crippen LogP contribution in [0.15, 0.2) is 84.9 Å². The summed E-state index contributed by atoms with van der Waals surface area (Å²) in [7, 11) is 0. The van der Waals surface area contributed by atoms with Gasteiger partial charge in [-0.25, -0.2) is 4.79 Å². The second-order valence-electron chi connectivity index (χ2n) is 7.97. The summed E-state index contributed by atoms with van der Waals surface area (Å²) in [6.07, 6.45) is 0. The highest BCUT2D eigenvalue weighted by Gasteiger charge is 2.27. The van der Waals surface area contributed by atoms with Crippen molar-refractivity contribution in [3.05, 3.63) is 102 Å². The molecule has 0 spiro atoms. The zero-order valence-electron chi connectivity index (χ0n) is 18.8. The van der Waals surface area contributed by atoms with Gasteiger partial charge < -0.3 is 15.0 Å². The van der Waals surface area contributed by atoms with Crippen molar-refractivity contribution < 1.29 is 9.53 Å². The van der Waals surface area contributed by atoms with Gasteiger partial charge in [0.1, 0.15) is 0 Å². The number of hydrogen-bond acceptors (Lipinski definition) is 4. The number of hydrogen-bond donors (Lipinski definition) is 1. The molecule has 0 amide bonds. The summed E-state index contributed by atoms with van der Waals surface area (Å²) in [6.45, 7) is 5.69. The fraction of sp³-hybridized carbons (Fsp3) is 0.259. The number of piperazine rings is 1. The highest BCUT2D eigenvalue weighted by Crippen LogP contribution is 2.29. The molecule has 1 heterocycles. The molecule has 0 atom stereocenters. The van der Waals surface area contributed by atoms with Crippen LogP contribution in [0.25, 0.3) is 0 Å². The van der Waals surface area contributed by atoms with Crippen molar-refractivity contribution in [1.82, 2.24) is 9.80 Å². The van der Waals surface area contributed by atoms with Crippen molar-refractivity contribution in [3.8, 4) is 0 Å². The summed E-state index contributed by atoms with van der Waals surface area (Å²) in [5, 5.41) is 4.01. The van der Waals surface area contributed by atoms with E-state index in [4.69, 9.17) is 17.0 Å². The second-order valence-corrected chi connectivity index (χ2v) is 8.36. The summed E-state index contributed by atoms with van der Waals surface area (Å²) >= 11 is 5.68. The van der Waals surface area contributed by atoms with E-state index in [1.54, 1.807) is 19.1 Å². The molecule has 0 aliphatic carbocycles. The lowest BCUT2D eigenvalue weighted by Crippen LogP contribution is -2.50. The quantitative estimate of drug-likeness (QED) is 0.415. The van der Waals surface area contributed by atoms with Crippen molar-refractivity contribution in [3.63, 3.8) is 0 Å². The van der Waals surface area contributed by atoms with Crippen LogP contribution in [0.5, 0.6) is 0 Å². The van der Waals surface area contributed by atoms with E-state index in [0.29, 0.717) is 17.3 Å². The first kappa shape index (κ1) is 23.0. The van der Waals surface area contributed by atoms with Crippen LogP contribution in [-0.2, 0) is 4.74 Å². The zero-order valence-corrected chi connectivity index (χ0v) is 19.6. The minimum atomic E-state index is -0.311. The monoisotopic (exact) mass is 459 g/mol. The molecule has 6 heteroatoms. The van der Waals surface area contributed by atoms with E-state index < -0.39 is 0 Å². The van der Waals surface area contributed by atoms with Gasteiger partial charge in [0.25, 0.3) is 0 Å². The average Bonchev–Trinajstić information content (AvgIpc) is 2.86. The molecule has 1 saturated heterocycles. The molecule has 33 heavy (non-hydrogen) atoms. The summed E-state index contributed by atoms with van der Waals surface area (Å²) in [4.78, 5) is 16.6. The molecule has 0 bridgehead atoms. The SMILES string of the molecule is CCOC(=O)c1ccc(NC(=S)N2CCN(C(c3ccccc3)c3ccccc3)CC2)cc1. The van der Waals surface area contributed by atoms with Crippen molar-refractivity contribution in [2.45, 2.75) is 13.0 Å². The van der Waals surface area contributed by atoms with Crippen molar-refractivity contribution in [1.29, 1.82) is 0 Å². The van der Waals surface area contributed by atoms with Crippen LogP contribution in [0, 0.1) is 0 Å². The lowest BCUT2D eigenvalue weighted by atomic mass is 9.96. The van der Waals surface area contributed by atoms with Gasteiger partial charge in [-0.15, -0.1) is 0 Å². The molecule has 0 aromatic heterocycles. The lowest BCUT2D eigenvalue weighted by molar-refractivity contribution is 0.0526. The van der Waals surface area contributed by atoms with Gasteiger partial charge in [-0.3, -0.25) is 4.90 Å². The van der Waals surface area contributed by atoms with Gasteiger partial charge in [-0.2, -0.15) is 0 Å². The van der Waals surface area contributed by atoms with Gasteiger partial charge in [-0.1, -0.05) is 60.7 Å². The first-order valence-corrected chi connectivity index (χ1v) is 11.7. The van der Waals surface area contributed by atoms with E-state index in [1.165, 1.54) is 11.1 Å². The molecular formula is C27H29N3O2S. The van der Waals surface area contributed by atoms with Crippen LogP contribution in [-0.4, -0.2) is 53.7 Å². The fourth-order valence-electron chi connectivity index (χ4n) is 4.17. The third-order valence-corrected chi connectivity index (χ3v) is 6.20. The average molecular weight is 460 g/mol. The smallest absolute Gasteiger partial charge is 0.338 e. The van der Waals surface area contributed by atoms with E-state index in [-0.39, 0.29) is 12.0 Å². The van der Waals surface area contributed by atoms with Crippen LogP contribution in [0.4, 0.5) is 5.69 Å². The number of nitrogens with zero attached hydrogens (tertiary/aromatic N) is 2. The van der Waals surface area contributed by atoms with Gasteiger partial charge >= 0.3 is 5.97 Å². The first-order chi connectivity index (χ1) is 16.2. The number of carbonyl (C=O) groups is 1. The Labute approximate surface area is 201 Å². The molecule has 1 aliphatic rings. The molecule has 1 aliphatic heterocycles. The van der Waals surface area contributed by atoms with Crippen LogP contribution >= 0.6 is 12.2 Å². The summed E-state index contributed by atoms with van der Waals surface area (Å²) in [5.41, 5.74) is 4.01. The van der Waals surface area contributed by atoms with E-state index in [2.05, 4.69) is 75.8 Å². The Hall–Kier alpha value is -3.22. The van der Waals surface area contributed by atoms with Gasteiger partial charge in [0, 0.05) is 31.9 Å². The van der Waals surface area contributed by atoms with E-state index in [1.807, 2.05) is 12.1 Å². The Balaban J connectivity index is 1.38. The topological polar surface area (TPSA) is 44.8 Å². The predicted molar refractivity (Wildman–Crippen MR) is 136 cm³/mol. The third kappa shape index (κ3) is 5.78. The number of anilines is 1. The van der Waals surface area contributed by atoms with Gasteiger partial charge in [0.2, 0.25) is 0 Å². The molecule has 0 unspecified atom stereocenters. The highest BCUT2D eigenvalue weighted by atomic mass is 32.1. The zero-order chi connectivity index (χ0) is 23.0. The number of benzene rings is 3. The van der Waals surface area contributed by atoms with E-state index in [0.717, 1.165) is 31.9 Å². The number of thiocarbonyl (C=S) groups is 1. The lowest BCUT2D eigenvalue weighted by Gasteiger charge is -2.40. The number of esters is 1. The summed E-state index contributed by atoms with van der Waals surface area (Å²) in [6, 6.07) is 28.8. The van der Waals surface area contributed by atoms with Gasteiger partial charge in [-0.05, 0) is 54.5 Å². The molecule has 1 fully saturated rings. The maximum atomic E-state index is 11.8. The third-order valence-electron chi connectivity index (χ3n) is 5.84. The minimum absolute atomic E-state index is 0.228. The van der Waals surface area contributed by atoms with Crippen molar-refractivity contribution in [2.24, 2.45) is 0 Å². The standard InChI is InChI=1S/C27H29N3O2S/c1-2-32-26(31)23-13-15-24(16-14-23)28-27(33)30-19-17-29(18-20-30)25(21-9-5-3-6-10-21)22-11-7-4-8-12-22/h3-16,25H,2,17-20H2,1H3,(H,28,33). The van der Waals surface area contributed by atoms with Crippen LogP contribution in [0.3, 0.4) is 0 Å². The Kier molecular flexibility index (Phi) is 7.70. The molecule has 5 nitrogen and oxygen atoms in total. The number of carbonyl (C=O) groups excluding carboxylic acids is 1. The number of ether oxygens (including phenoxy) is 1. The molecule has 0 saturated carbocycles. The van der Waals surface area contributed by atoms with Crippen LogP contribution < -0.4 is 5.32 Å². The molecule has 3 aromatic rings. The Bertz CT molecular complexity index is 1010. The first-order valence-electron chi connectivity index (χ1n) is 11.3. The van der Waals surface area contributed by atoms with Gasteiger partial charge in [0.05, 0.1) is 18.2 Å². The van der Waals surface area contributed by atoms with E-state index in [9.17, 15) is 4.79 Å². The van der Waals surface area contributed by atoms with Crippen molar-refractivity contribution >= 4 is 29.0 Å². The Morgan fingerprint density at radius 2 is 1.42 bits per heavy atom. The summed E-state index contributed by atoms with van der Waals surface area (Å²) < 4.78 is 5.04. The minimum Gasteiger partial charge on any atom is -0.462 e. The normalized spacial score (nSPS) is 14.2. The number of rotatable bonds is 6. The van der Waals surface area contributed by atoms with Crippen LogP contribution in [0.1, 0.15) is 34.5 Å². The van der Waals surface area contributed by atoms with Gasteiger partial charge in [0.15, 0.2) is 5.11 Å². The highest BCUT2D eigenvalue weighted by molar-refractivity contribution is 7.80. The van der Waals surface area contributed by atoms with Crippen molar-refractivity contribution in [2.75, 3.05) is 38.1 Å². The summed E-state index contributed by atoms with van der Waals surface area (Å²) in [5.74, 6) is -0.311. The molecule has 4 rings (SSSR count). The van der Waals surface area contributed by atoms with E-state index >= 15 is 0 Å².